The van der Waals surface area contributed by atoms with Gasteiger partial charge in [0.05, 0.1) is 6.61 Å². The van der Waals surface area contributed by atoms with Crippen LogP contribution in [-0.4, -0.2) is 69.7 Å². The van der Waals surface area contributed by atoms with Crippen LogP contribution < -0.4 is 0 Å². The highest BCUT2D eigenvalue weighted by Crippen LogP contribution is 2.38. The second-order valence-corrected chi connectivity index (χ2v) is 7.07. The molecule has 132 valence electrons. The van der Waals surface area contributed by atoms with Gasteiger partial charge in [0.1, 0.15) is 11.8 Å². The summed E-state index contributed by atoms with van der Waals surface area (Å²) in [5.41, 5.74) is 0.650. The minimum atomic E-state index is -0.165. The molecule has 0 aromatic carbocycles. The first-order chi connectivity index (χ1) is 12.3. The molecule has 1 aliphatic carbocycles. The first-order valence-electron chi connectivity index (χ1n) is 8.90. The van der Waals surface area contributed by atoms with Gasteiger partial charge in [-0.15, -0.1) is 0 Å². The van der Waals surface area contributed by atoms with Crippen molar-refractivity contribution in [1.82, 2.24) is 24.9 Å². The maximum Gasteiger partial charge on any atom is 0.270 e. The molecule has 2 saturated heterocycles. The molecule has 8 nitrogen and oxygen atoms in total. The summed E-state index contributed by atoms with van der Waals surface area (Å²) in [5.74, 6) is 1.96. The number of amides is 1. The zero-order valence-electron chi connectivity index (χ0n) is 13.9. The van der Waals surface area contributed by atoms with Gasteiger partial charge in [0.25, 0.3) is 11.8 Å². The average Bonchev–Trinajstić information content (AvgIpc) is 3.11. The van der Waals surface area contributed by atoms with Gasteiger partial charge in [-0.25, -0.2) is 0 Å². The van der Waals surface area contributed by atoms with E-state index in [1.54, 1.807) is 6.20 Å². The molecule has 5 rings (SSSR count). The van der Waals surface area contributed by atoms with Crippen molar-refractivity contribution in [3.05, 3.63) is 35.7 Å². The van der Waals surface area contributed by atoms with Crippen LogP contribution >= 0.6 is 0 Å². The van der Waals surface area contributed by atoms with Crippen molar-refractivity contribution in [2.75, 3.05) is 32.8 Å². The molecular formula is C17H21N5O3. The number of rotatable bonds is 4. The van der Waals surface area contributed by atoms with Crippen molar-refractivity contribution >= 4 is 5.91 Å². The summed E-state index contributed by atoms with van der Waals surface area (Å²) >= 11 is 0. The summed E-state index contributed by atoms with van der Waals surface area (Å²) in [5, 5.41) is 4.08. The van der Waals surface area contributed by atoms with Crippen molar-refractivity contribution in [3.63, 3.8) is 0 Å². The Labute approximate surface area is 145 Å². The number of H-pyrrole nitrogens is 1. The van der Waals surface area contributed by atoms with Crippen LogP contribution in [-0.2, 0) is 4.74 Å². The van der Waals surface area contributed by atoms with Crippen molar-refractivity contribution < 1.29 is 14.1 Å². The number of nitrogens with zero attached hydrogens (tertiary/aromatic N) is 4. The van der Waals surface area contributed by atoms with Crippen LogP contribution in [0.3, 0.4) is 0 Å². The van der Waals surface area contributed by atoms with Crippen LogP contribution in [0.5, 0.6) is 0 Å². The van der Waals surface area contributed by atoms with Gasteiger partial charge in [-0.2, -0.15) is 4.98 Å². The molecule has 1 N–H and O–H groups in total. The van der Waals surface area contributed by atoms with Crippen LogP contribution in [0.15, 0.2) is 22.9 Å². The molecule has 1 amide bonds. The Morgan fingerprint density at radius 1 is 1.28 bits per heavy atom. The molecule has 25 heavy (non-hydrogen) atoms. The Bertz CT molecular complexity index is 748. The van der Waals surface area contributed by atoms with Gasteiger partial charge >= 0.3 is 0 Å². The summed E-state index contributed by atoms with van der Waals surface area (Å²) in [6, 6.07) is 4.03. The highest BCUT2D eigenvalue weighted by Gasteiger charge is 2.39. The van der Waals surface area contributed by atoms with Crippen molar-refractivity contribution in [2.24, 2.45) is 0 Å². The largest absolute Gasteiger partial charge is 0.366 e. The third-order valence-corrected chi connectivity index (χ3v) is 5.27. The van der Waals surface area contributed by atoms with E-state index in [-0.39, 0.29) is 12.0 Å². The quantitative estimate of drug-likeness (QED) is 0.897. The number of hydrogen-bond donors (Lipinski definition) is 1. The molecule has 2 aliphatic heterocycles. The van der Waals surface area contributed by atoms with Gasteiger partial charge in [0.2, 0.25) is 0 Å². The number of morpholine rings is 1. The predicted molar refractivity (Wildman–Crippen MR) is 87.0 cm³/mol. The standard InChI is InChI=1S/C17H21N5O3/c23-17(13-2-1-5-18-13)22-8-12(9-22)21-6-7-24-14(10-21)16-19-15(20-25-16)11-3-4-11/h1-2,5,11-12,14,18H,3-4,6-10H2. The van der Waals surface area contributed by atoms with Crippen LogP contribution in [0.4, 0.5) is 0 Å². The molecule has 3 aliphatic rings. The Balaban J connectivity index is 1.18. The smallest absolute Gasteiger partial charge is 0.270 e. The van der Waals surface area contributed by atoms with Gasteiger partial charge in [0.15, 0.2) is 5.82 Å². The molecule has 0 bridgehead atoms. The molecule has 2 aromatic heterocycles. The fourth-order valence-corrected chi connectivity index (χ4v) is 3.52. The zero-order valence-corrected chi connectivity index (χ0v) is 13.9. The Morgan fingerprint density at radius 2 is 2.16 bits per heavy atom. The highest BCUT2D eigenvalue weighted by molar-refractivity contribution is 5.93. The third-order valence-electron chi connectivity index (χ3n) is 5.27. The van der Waals surface area contributed by atoms with Crippen molar-refractivity contribution in [1.29, 1.82) is 0 Å². The maximum absolute atomic E-state index is 12.3. The molecule has 2 aromatic rings. The predicted octanol–water partition coefficient (Wildman–Crippen LogP) is 1.17. The van der Waals surface area contributed by atoms with Gasteiger partial charge < -0.3 is 19.1 Å². The van der Waals surface area contributed by atoms with Crippen LogP contribution in [0.2, 0.25) is 0 Å². The number of ether oxygens (including phenoxy) is 1. The molecule has 4 heterocycles. The Morgan fingerprint density at radius 3 is 2.92 bits per heavy atom. The van der Waals surface area contributed by atoms with E-state index in [4.69, 9.17) is 9.26 Å². The van der Waals surface area contributed by atoms with E-state index in [2.05, 4.69) is 20.0 Å². The number of hydrogen-bond acceptors (Lipinski definition) is 6. The second-order valence-electron chi connectivity index (χ2n) is 7.07. The summed E-state index contributed by atoms with van der Waals surface area (Å²) in [7, 11) is 0. The lowest BCUT2D eigenvalue weighted by Gasteiger charge is -2.47. The van der Waals surface area contributed by atoms with E-state index < -0.39 is 0 Å². The molecule has 1 atom stereocenters. The van der Waals surface area contributed by atoms with Crippen molar-refractivity contribution in [3.8, 4) is 0 Å². The number of aromatic amines is 1. The number of carbonyl (C=O) groups is 1. The number of nitrogens with one attached hydrogen (secondary N) is 1. The summed E-state index contributed by atoms with van der Waals surface area (Å²) in [6.45, 7) is 3.76. The van der Waals surface area contributed by atoms with E-state index in [9.17, 15) is 4.79 Å². The molecule has 8 heteroatoms. The van der Waals surface area contributed by atoms with E-state index in [0.717, 1.165) is 44.8 Å². The molecule has 3 fully saturated rings. The second kappa shape index (κ2) is 5.96. The summed E-state index contributed by atoms with van der Waals surface area (Å²) < 4.78 is 11.2. The normalized spacial score (nSPS) is 25.1. The third kappa shape index (κ3) is 2.85. The van der Waals surface area contributed by atoms with E-state index in [0.29, 0.717) is 30.2 Å². The molecular weight excluding hydrogens is 322 g/mol. The Kier molecular flexibility index (Phi) is 3.60. The average molecular weight is 343 g/mol. The Hall–Kier alpha value is -2.19. The summed E-state index contributed by atoms with van der Waals surface area (Å²) in [4.78, 5) is 24.0. The van der Waals surface area contributed by atoms with Crippen molar-refractivity contribution in [2.45, 2.75) is 30.9 Å². The minimum absolute atomic E-state index is 0.0667. The van der Waals surface area contributed by atoms with Gasteiger partial charge in [-0.1, -0.05) is 5.16 Å². The lowest BCUT2D eigenvalue weighted by Crippen LogP contribution is -2.63. The maximum atomic E-state index is 12.3. The van der Waals surface area contributed by atoms with E-state index >= 15 is 0 Å². The van der Waals surface area contributed by atoms with E-state index in [1.165, 1.54) is 0 Å². The SMILES string of the molecule is O=C(c1ccc[nH]1)N1CC(N2CCOC(c3nc(C4CC4)no3)C2)C1. The highest BCUT2D eigenvalue weighted by atomic mass is 16.5. The summed E-state index contributed by atoms with van der Waals surface area (Å²) in [6.07, 6.45) is 3.92. The first-order valence-corrected chi connectivity index (χ1v) is 8.90. The van der Waals surface area contributed by atoms with Crippen LogP contribution in [0.1, 0.15) is 47.1 Å². The van der Waals surface area contributed by atoms with Crippen LogP contribution in [0, 0.1) is 0 Å². The lowest BCUT2D eigenvalue weighted by molar-refractivity contribution is -0.0782. The fraction of sp³-hybridized carbons (Fsp3) is 0.588. The zero-order chi connectivity index (χ0) is 16.8. The topological polar surface area (TPSA) is 87.5 Å². The number of carbonyl (C=O) groups excluding carboxylic acids is 1. The van der Waals surface area contributed by atoms with Gasteiger partial charge in [-0.05, 0) is 25.0 Å². The first kappa shape index (κ1) is 15.1. The molecule has 0 spiro atoms. The number of aromatic nitrogens is 3. The molecule has 1 unspecified atom stereocenters. The minimum Gasteiger partial charge on any atom is -0.366 e. The number of likely N-dealkylation sites (tertiary alicyclic amines) is 1. The monoisotopic (exact) mass is 343 g/mol. The lowest BCUT2D eigenvalue weighted by atomic mass is 10.0. The molecule has 1 saturated carbocycles. The fourth-order valence-electron chi connectivity index (χ4n) is 3.52. The van der Waals surface area contributed by atoms with E-state index in [1.807, 2.05) is 17.0 Å². The molecule has 0 radical (unpaired) electrons. The van der Waals surface area contributed by atoms with Gasteiger partial charge in [0, 0.05) is 44.3 Å². The van der Waals surface area contributed by atoms with Crippen LogP contribution in [0.25, 0.3) is 0 Å². The van der Waals surface area contributed by atoms with Gasteiger partial charge in [-0.3, -0.25) is 9.69 Å².